The molecule has 6 nitrogen and oxygen atoms in total. The Labute approximate surface area is 166 Å². The number of hydrogen-bond acceptors (Lipinski definition) is 5. The molecular formula is C22H29N3O3. The fourth-order valence-electron chi connectivity index (χ4n) is 3.39. The number of morpholine rings is 1. The third kappa shape index (κ3) is 5.70. The van der Waals surface area contributed by atoms with Crippen molar-refractivity contribution in [3.63, 3.8) is 0 Å². The smallest absolute Gasteiger partial charge is 0.428 e. The molecule has 0 bridgehead atoms. The Morgan fingerprint density at radius 1 is 1.18 bits per heavy atom. The topological polar surface area (TPSA) is 63.2 Å². The van der Waals surface area contributed by atoms with Crippen molar-refractivity contribution in [3.05, 3.63) is 52.7 Å². The van der Waals surface area contributed by atoms with E-state index in [0.29, 0.717) is 0 Å². The third-order valence-corrected chi connectivity index (χ3v) is 4.51. The molecule has 0 radical (unpaired) electrons. The van der Waals surface area contributed by atoms with Gasteiger partial charge in [0.1, 0.15) is 5.60 Å². The van der Waals surface area contributed by atoms with Crippen molar-refractivity contribution < 1.29 is 14.3 Å². The van der Waals surface area contributed by atoms with Crippen molar-refractivity contribution in [2.24, 2.45) is 5.10 Å². The van der Waals surface area contributed by atoms with E-state index in [-0.39, 0.29) is 0 Å². The molecule has 0 saturated carbocycles. The van der Waals surface area contributed by atoms with Crippen molar-refractivity contribution >= 4 is 18.4 Å². The van der Waals surface area contributed by atoms with Crippen LogP contribution in [0.2, 0.25) is 0 Å². The summed E-state index contributed by atoms with van der Waals surface area (Å²) in [4.78, 5) is 14.2. The maximum absolute atomic E-state index is 11.8. The largest absolute Gasteiger partial charge is 0.443 e. The average molecular weight is 383 g/mol. The maximum atomic E-state index is 11.8. The van der Waals surface area contributed by atoms with Crippen LogP contribution in [0.15, 0.2) is 52.3 Å². The number of allylic oxidation sites excluding steroid dienone is 2. The molecule has 1 amide bonds. The van der Waals surface area contributed by atoms with Crippen LogP contribution in [0.5, 0.6) is 0 Å². The van der Waals surface area contributed by atoms with Gasteiger partial charge < -0.3 is 14.4 Å². The zero-order chi connectivity index (χ0) is 20.0. The highest BCUT2D eigenvalue weighted by Gasteiger charge is 2.25. The van der Waals surface area contributed by atoms with Crippen LogP contribution in [0.3, 0.4) is 0 Å². The summed E-state index contributed by atoms with van der Waals surface area (Å²) >= 11 is 0. The van der Waals surface area contributed by atoms with Gasteiger partial charge in [-0.15, -0.1) is 0 Å². The summed E-state index contributed by atoms with van der Waals surface area (Å²) in [7, 11) is 0. The highest BCUT2D eigenvalue weighted by atomic mass is 16.6. The molecule has 1 aliphatic carbocycles. The number of nitrogens with zero attached hydrogens (tertiary/aromatic N) is 2. The van der Waals surface area contributed by atoms with Gasteiger partial charge in [-0.1, -0.05) is 30.3 Å². The fourth-order valence-corrected chi connectivity index (χ4v) is 3.39. The molecule has 0 atom stereocenters. The standard InChI is InChI=1S/C22H29N3O3/c1-22(2,3)28-21(26)24-23-16-19-10-9-18(15-17-7-5-4-6-8-17)20(19)25-11-13-27-14-12-25/h4-8,15-16H,9-14H2,1-3H3,(H,24,26)/b18-15+,23-16-. The minimum atomic E-state index is -0.546. The van der Waals surface area contributed by atoms with Gasteiger partial charge in [0.25, 0.3) is 0 Å². The third-order valence-electron chi connectivity index (χ3n) is 4.51. The van der Waals surface area contributed by atoms with Gasteiger partial charge in [-0.05, 0) is 56.4 Å². The highest BCUT2D eigenvalue weighted by Crippen LogP contribution is 2.34. The lowest BCUT2D eigenvalue weighted by Gasteiger charge is -2.31. The minimum absolute atomic E-state index is 0.545. The van der Waals surface area contributed by atoms with Crippen LogP contribution in [-0.4, -0.2) is 49.1 Å². The van der Waals surface area contributed by atoms with E-state index in [2.05, 4.69) is 33.6 Å². The Morgan fingerprint density at radius 2 is 1.89 bits per heavy atom. The van der Waals surface area contributed by atoms with Crippen molar-refractivity contribution in [1.82, 2.24) is 10.3 Å². The van der Waals surface area contributed by atoms with E-state index in [4.69, 9.17) is 9.47 Å². The number of amides is 1. The molecule has 1 aromatic rings. The molecule has 0 unspecified atom stereocenters. The molecule has 3 rings (SSSR count). The SMILES string of the molecule is CC(C)(C)OC(=O)N/N=C\C1=C(N2CCOCC2)C(=C/c2ccccc2)/CC1. The van der Waals surface area contributed by atoms with Crippen LogP contribution in [0.4, 0.5) is 4.79 Å². The number of benzene rings is 1. The number of hydrazone groups is 1. The normalized spacial score (nSPS) is 19.5. The molecule has 1 N–H and O–H groups in total. The van der Waals surface area contributed by atoms with Crippen LogP contribution < -0.4 is 5.43 Å². The minimum Gasteiger partial charge on any atom is -0.443 e. The van der Waals surface area contributed by atoms with Gasteiger partial charge in [0.2, 0.25) is 0 Å². The molecule has 1 aliphatic heterocycles. The predicted molar refractivity (Wildman–Crippen MR) is 111 cm³/mol. The van der Waals surface area contributed by atoms with Crippen LogP contribution >= 0.6 is 0 Å². The van der Waals surface area contributed by atoms with Gasteiger partial charge >= 0.3 is 6.09 Å². The average Bonchev–Trinajstić information content (AvgIpc) is 3.04. The van der Waals surface area contributed by atoms with E-state index in [0.717, 1.165) is 44.7 Å². The van der Waals surface area contributed by atoms with Gasteiger partial charge in [-0.2, -0.15) is 5.10 Å². The first-order chi connectivity index (χ1) is 13.4. The molecular weight excluding hydrogens is 354 g/mol. The molecule has 1 fully saturated rings. The van der Waals surface area contributed by atoms with E-state index in [1.807, 2.05) is 39.0 Å². The monoisotopic (exact) mass is 383 g/mol. The number of carbonyl (C=O) groups excluding carboxylic acids is 1. The molecule has 150 valence electrons. The van der Waals surface area contributed by atoms with E-state index in [1.165, 1.54) is 16.8 Å². The second-order valence-corrected chi connectivity index (χ2v) is 7.93. The lowest BCUT2D eigenvalue weighted by atomic mass is 10.1. The van der Waals surface area contributed by atoms with E-state index < -0.39 is 11.7 Å². The number of carbonyl (C=O) groups is 1. The van der Waals surface area contributed by atoms with Crippen LogP contribution in [-0.2, 0) is 9.47 Å². The Balaban J connectivity index is 1.80. The molecule has 28 heavy (non-hydrogen) atoms. The van der Waals surface area contributed by atoms with Crippen LogP contribution in [0, 0.1) is 0 Å². The second-order valence-electron chi connectivity index (χ2n) is 7.93. The Bertz CT molecular complexity index is 770. The maximum Gasteiger partial charge on any atom is 0.428 e. The predicted octanol–water partition coefficient (Wildman–Crippen LogP) is 3.96. The Hall–Kier alpha value is -2.60. The summed E-state index contributed by atoms with van der Waals surface area (Å²) in [6, 6.07) is 10.3. The summed E-state index contributed by atoms with van der Waals surface area (Å²) in [5, 5.41) is 4.13. The van der Waals surface area contributed by atoms with Crippen molar-refractivity contribution in [2.75, 3.05) is 26.3 Å². The van der Waals surface area contributed by atoms with Crippen molar-refractivity contribution in [1.29, 1.82) is 0 Å². The van der Waals surface area contributed by atoms with E-state index in [1.54, 1.807) is 6.21 Å². The summed E-state index contributed by atoms with van der Waals surface area (Å²) < 4.78 is 10.7. The summed E-state index contributed by atoms with van der Waals surface area (Å²) in [6.07, 6.45) is 5.29. The highest BCUT2D eigenvalue weighted by molar-refractivity contribution is 5.84. The van der Waals surface area contributed by atoms with Gasteiger partial charge in [0, 0.05) is 18.8 Å². The zero-order valence-electron chi connectivity index (χ0n) is 16.9. The number of ether oxygens (including phenoxy) is 2. The zero-order valence-corrected chi connectivity index (χ0v) is 16.9. The van der Waals surface area contributed by atoms with Crippen molar-refractivity contribution in [3.8, 4) is 0 Å². The molecule has 0 aromatic heterocycles. The molecule has 1 saturated heterocycles. The fraction of sp³-hybridized carbons (Fsp3) is 0.455. The first-order valence-electron chi connectivity index (χ1n) is 9.76. The lowest BCUT2D eigenvalue weighted by molar-refractivity contribution is 0.0529. The summed E-state index contributed by atoms with van der Waals surface area (Å²) in [5.74, 6) is 0. The van der Waals surface area contributed by atoms with E-state index >= 15 is 0 Å². The van der Waals surface area contributed by atoms with Gasteiger partial charge in [0.05, 0.1) is 19.4 Å². The van der Waals surface area contributed by atoms with Gasteiger partial charge in [-0.3, -0.25) is 0 Å². The number of rotatable bonds is 4. The van der Waals surface area contributed by atoms with Crippen LogP contribution in [0.1, 0.15) is 39.2 Å². The first-order valence-corrected chi connectivity index (χ1v) is 9.76. The Kier molecular flexibility index (Phi) is 6.52. The van der Waals surface area contributed by atoms with Gasteiger partial charge in [-0.25, -0.2) is 10.2 Å². The van der Waals surface area contributed by atoms with Gasteiger partial charge in [0.15, 0.2) is 0 Å². The Morgan fingerprint density at radius 3 is 2.57 bits per heavy atom. The molecule has 1 aromatic carbocycles. The molecule has 0 spiro atoms. The quantitative estimate of drug-likeness (QED) is 0.631. The van der Waals surface area contributed by atoms with E-state index in [9.17, 15) is 4.79 Å². The summed E-state index contributed by atoms with van der Waals surface area (Å²) in [6.45, 7) is 8.65. The lowest BCUT2D eigenvalue weighted by Crippen LogP contribution is -2.36. The molecule has 2 aliphatic rings. The second kappa shape index (κ2) is 9.06. The first kappa shape index (κ1) is 20.1. The number of hydrogen-bond donors (Lipinski definition) is 1. The van der Waals surface area contributed by atoms with Crippen LogP contribution in [0.25, 0.3) is 6.08 Å². The summed E-state index contributed by atoms with van der Waals surface area (Å²) in [5.41, 5.74) is 6.74. The molecule has 6 heteroatoms. The number of nitrogens with one attached hydrogen (secondary N) is 1. The molecule has 1 heterocycles. The van der Waals surface area contributed by atoms with Crippen molar-refractivity contribution in [2.45, 2.75) is 39.2 Å².